The number of aliphatic hydroxyl groups excluding tert-OH is 1. The molecule has 3 unspecified atom stereocenters. The first-order valence-electron chi connectivity index (χ1n) is 19.5. The van der Waals surface area contributed by atoms with Crippen LogP contribution in [-0.4, -0.2) is 37.6 Å². The van der Waals surface area contributed by atoms with Gasteiger partial charge < -0.3 is 14.9 Å². The Morgan fingerprint density at radius 2 is 1.12 bits per heavy atom. The van der Waals surface area contributed by atoms with E-state index in [1.54, 1.807) is 0 Å². The van der Waals surface area contributed by atoms with Gasteiger partial charge in [-0.25, -0.2) is 0 Å². The number of ether oxygens (including phenoxy) is 1. The minimum absolute atomic E-state index is 0.0537. The standard InChI is InChI=1S/C45H76O4S/c1-17-18-19-20-21-22-23-24-45(15,16)50(48)30-34(46)29-49-40-36(26-33(42(6,7)8)28-38(40)44(12,13)14)31(2)35-25-32(41(3,4)5)27-37(39(35)47)43(9,10)11/h25-28,31,34,46-47H,17-24,29-30H2,1-16H3. The minimum Gasteiger partial charge on any atom is -0.507 e. The van der Waals surface area contributed by atoms with E-state index >= 15 is 0 Å². The van der Waals surface area contributed by atoms with Crippen LogP contribution in [0.25, 0.3) is 0 Å². The van der Waals surface area contributed by atoms with Gasteiger partial charge in [0.25, 0.3) is 0 Å². The fraction of sp³-hybridized carbons (Fsp3) is 0.733. The lowest BCUT2D eigenvalue weighted by Crippen LogP contribution is -2.35. The van der Waals surface area contributed by atoms with Gasteiger partial charge in [0.05, 0.1) is 11.9 Å². The zero-order valence-electron chi connectivity index (χ0n) is 35.2. The highest BCUT2D eigenvalue weighted by Crippen LogP contribution is 2.47. The largest absolute Gasteiger partial charge is 0.507 e. The Kier molecular flexibility index (Phi) is 15.3. The van der Waals surface area contributed by atoms with E-state index in [-0.39, 0.29) is 44.7 Å². The monoisotopic (exact) mass is 713 g/mol. The van der Waals surface area contributed by atoms with Crippen LogP contribution in [0, 0.1) is 0 Å². The molecule has 4 nitrogen and oxygen atoms in total. The van der Waals surface area contributed by atoms with Crippen LogP contribution in [0.5, 0.6) is 11.5 Å². The van der Waals surface area contributed by atoms with E-state index in [2.05, 4.69) is 135 Å². The smallest absolute Gasteiger partial charge is 0.126 e. The molecule has 2 rings (SSSR count). The van der Waals surface area contributed by atoms with Gasteiger partial charge in [-0.2, -0.15) is 0 Å². The number of aliphatic hydroxyl groups is 1. The van der Waals surface area contributed by atoms with Crippen LogP contribution in [0.1, 0.15) is 201 Å². The van der Waals surface area contributed by atoms with Crippen molar-refractivity contribution in [2.45, 2.75) is 201 Å². The molecular weight excluding hydrogens is 637 g/mol. The molecule has 2 aromatic rings. The van der Waals surface area contributed by atoms with E-state index < -0.39 is 16.9 Å². The number of phenols is 1. The highest BCUT2D eigenvalue weighted by Gasteiger charge is 2.33. The summed E-state index contributed by atoms with van der Waals surface area (Å²) >= 11 is 0. The Hall–Kier alpha value is -1.85. The van der Waals surface area contributed by atoms with Gasteiger partial charge in [-0.3, -0.25) is 4.21 Å². The number of rotatable bonds is 16. The average Bonchev–Trinajstić information content (AvgIpc) is 2.96. The van der Waals surface area contributed by atoms with E-state index in [9.17, 15) is 14.4 Å². The van der Waals surface area contributed by atoms with E-state index in [4.69, 9.17) is 4.74 Å². The van der Waals surface area contributed by atoms with Crippen molar-refractivity contribution in [2.75, 3.05) is 12.4 Å². The van der Waals surface area contributed by atoms with E-state index in [1.165, 1.54) is 49.7 Å². The van der Waals surface area contributed by atoms with Gasteiger partial charge in [-0.1, -0.05) is 166 Å². The molecule has 0 saturated carbocycles. The summed E-state index contributed by atoms with van der Waals surface area (Å²) in [7, 11) is -1.20. The molecule has 0 aliphatic heterocycles. The second-order valence-electron chi connectivity index (χ2n) is 19.7. The minimum atomic E-state index is -1.20. The lowest BCUT2D eigenvalue weighted by atomic mass is 9.74. The summed E-state index contributed by atoms with van der Waals surface area (Å²) in [4.78, 5) is 0. The molecule has 0 aliphatic carbocycles. The summed E-state index contributed by atoms with van der Waals surface area (Å²) in [6.45, 7) is 35.0. The summed E-state index contributed by atoms with van der Waals surface area (Å²) in [5.74, 6) is 1.08. The fourth-order valence-electron chi connectivity index (χ4n) is 6.53. The highest BCUT2D eigenvalue weighted by molar-refractivity contribution is 7.86. The summed E-state index contributed by atoms with van der Waals surface area (Å²) in [6, 6.07) is 8.84. The Morgan fingerprint density at radius 1 is 0.660 bits per heavy atom. The van der Waals surface area contributed by atoms with Crippen molar-refractivity contribution in [1.29, 1.82) is 0 Å². The molecule has 0 aliphatic rings. The van der Waals surface area contributed by atoms with Crippen LogP contribution in [0.15, 0.2) is 24.3 Å². The number of phenolic OH excluding ortho intramolecular Hbond substituents is 1. The molecule has 286 valence electrons. The maximum Gasteiger partial charge on any atom is 0.126 e. The van der Waals surface area contributed by atoms with Gasteiger partial charge in [0, 0.05) is 38.2 Å². The number of unbranched alkanes of at least 4 members (excludes halogenated alkanes) is 6. The van der Waals surface area contributed by atoms with E-state index in [1.807, 2.05) is 0 Å². The molecule has 0 heterocycles. The molecule has 2 aromatic carbocycles. The third-order valence-corrected chi connectivity index (χ3v) is 12.4. The van der Waals surface area contributed by atoms with E-state index in [0.29, 0.717) is 5.75 Å². The Morgan fingerprint density at radius 3 is 1.60 bits per heavy atom. The molecular formula is C45H76O4S. The number of benzene rings is 2. The van der Waals surface area contributed by atoms with Crippen LogP contribution in [0.4, 0.5) is 0 Å². The molecule has 0 aromatic heterocycles. The zero-order chi connectivity index (χ0) is 38.5. The van der Waals surface area contributed by atoms with Crippen LogP contribution < -0.4 is 4.74 Å². The quantitative estimate of drug-likeness (QED) is 0.170. The summed E-state index contributed by atoms with van der Waals surface area (Å²) in [5, 5.41) is 23.2. The van der Waals surface area contributed by atoms with Crippen molar-refractivity contribution in [3.8, 4) is 11.5 Å². The number of hydrogen-bond acceptors (Lipinski definition) is 4. The van der Waals surface area contributed by atoms with Crippen LogP contribution >= 0.6 is 0 Å². The lowest BCUT2D eigenvalue weighted by Gasteiger charge is -2.33. The van der Waals surface area contributed by atoms with Crippen molar-refractivity contribution in [3.05, 3.63) is 57.6 Å². The van der Waals surface area contributed by atoms with Gasteiger partial charge in [-0.15, -0.1) is 0 Å². The molecule has 0 bridgehead atoms. The van der Waals surface area contributed by atoms with E-state index in [0.717, 1.165) is 40.8 Å². The number of hydrogen-bond donors (Lipinski definition) is 2. The lowest BCUT2D eigenvalue weighted by molar-refractivity contribution is 0.123. The predicted octanol–water partition coefficient (Wildman–Crippen LogP) is 12.1. The van der Waals surface area contributed by atoms with Gasteiger partial charge in [0.15, 0.2) is 0 Å². The second kappa shape index (κ2) is 17.3. The molecule has 5 heteroatoms. The Balaban J connectivity index is 2.53. The SMILES string of the molecule is CCCCCCCCCC(C)(C)S(=O)CC(O)COc1c(C(C)c2cc(C(C)(C)C)cc(C(C)(C)C)c2O)cc(C(C)(C)C)cc1C(C)(C)C. The normalized spacial score (nSPS) is 15.2. The zero-order valence-corrected chi connectivity index (χ0v) is 36.0. The fourth-order valence-corrected chi connectivity index (χ4v) is 7.80. The molecule has 50 heavy (non-hydrogen) atoms. The first-order chi connectivity index (χ1) is 22.7. The average molecular weight is 713 g/mol. The first-order valence-corrected chi connectivity index (χ1v) is 20.8. The van der Waals surface area contributed by atoms with Crippen LogP contribution in [-0.2, 0) is 32.5 Å². The second-order valence-corrected chi connectivity index (χ2v) is 21.9. The maximum absolute atomic E-state index is 13.6. The molecule has 0 radical (unpaired) electrons. The van der Waals surface area contributed by atoms with Gasteiger partial charge in [0.2, 0.25) is 0 Å². The third kappa shape index (κ3) is 12.4. The van der Waals surface area contributed by atoms with Crippen molar-refractivity contribution in [2.24, 2.45) is 0 Å². The first kappa shape index (κ1) is 44.3. The summed E-state index contributed by atoms with van der Waals surface area (Å²) in [6.07, 6.45) is 8.63. The van der Waals surface area contributed by atoms with Crippen molar-refractivity contribution >= 4 is 10.8 Å². The molecule has 0 spiro atoms. The van der Waals surface area contributed by atoms with Gasteiger partial charge in [-0.05, 0) is 58.6 Å². The molecule has 0 amide bonds. The highest BCUT2D eigenvalue weighted by atomic mass is 32.2. The maximum atomic E-state index is 13.6. The molecule has 0 fully saturated rings. The van der Waals surface area contributed by atoms with Gasteiger partial charge >= 0.3 is 0 Å². The molecule has 0 saturated heterocycles. The third-order valence-electron chi connectivity index (χ3n) is 10.3. The summed E-state index contributed by atoms with van der Waals surface area (Å²) < 4.78 is 19.9. The van der Waals surface area contributed by atoms with Crippen molar-refractivity contribution in [3.63, 3.8) is 0 Å². The van der Waals surface area contributed by atoms with Crippen LogP contribution in [0.3, 0.4) is 0 Å². The van der Waals surface area contributed by atoms with Gasteiger partial charge in [0.1, 0.15) is 18.1 Å². The Labute approximate surface area is 311 Å². The van der Waals surface area contributed by atoms with Crippen molar-refractivity contribution < 1.29 is 19.2 Å². The molecule has 2 N–H and O–H groups in total. The summed E-state index contributed by atoms with van der Waals surface area (Å²) in [5.41, 5.74) is 5.56. The predicted molar refractivity (Wildman–Crippen MR) is 218 cm³/mol. The van der Waals surface area contributed by atoms with Crippen LogP contribution in [0.2, 0.25) is 0 Å². The van der Waals surface area contributed by atoms with Crippen molar-refractivity contribution in [1.82, 2.24) is 0 Å². The Bertz CT molecular complexity index is 1410. The number of aromatic hydroxyl groups is 1. The topological polar surface area (TPSA) is 66.8 Å². The molecule has 3 atom stereocenters.